The van der Waals surface area contributed by atoms with E-state index >= 15 is 0 Å². The first-order chi connectivity index (χ1) is 8.65. The summed E-state index contributed by atoms with van der Waals surface area (Å²) in [5.41, 5.74) is 2.14. The number of likely N-dealkylation sites (tertiary alicyclic amines) is 1. The van der Waals surface area contributed by atoms with Gasteiger partial charge in [-0.1, -0.05) is 12.5 Å². The van der Waals surface area contributed by atoms with Crippen molar-refractivity contribution in [2.75, 3.05) is 25.0 Å². The highest BCUT2D eigenvalue weighted by Gasteiger charge is 2.13. The lowest BCUT2D eigenvalue weighted by atomic mass is 10.1. The molecule has 4 heteroatoms. The maximum Gasteiger partial charge on any atom is 0.238 e. The summed E-state index contributed by atoms with van der Waals surface area (Å²) in [5.74, 6) is 0.0940. The third-order valence-electron chi connectivity index (χ3n) is 3.27. The Morgan fingerprint density at radius 3 is 2.72 bits per heavy atom. The molecule has 2 rings (SSSR count). The van der Waals surface area contributed by atoms with Gasteiger partial charge >= 0.3 is 0 Å². The van der Waals surface area contributed by atoms with Gasteiger partial charge in [0.1, 0.15) is 0 Å². The van der Waals surface area contributed by atoms with Crippen LogP contribution in [0.25, 0.3) is 0 Å². The molecule has 1 fully saturated rings. The number of nitrogens with zero attached hydrogens (tertiary/aromatic N) is 1. The van der Waals surface area contributed by atoms with E-state index in [0.717, 1.165) is 18.8 Å². The van der Waals surface area contributed by atoms with Crippen LogP contribution in [0.5, 0.6) is 0 Å². The first-order valence-corrected chi connectivity index (χ1v) is 7.51. The largest absolute Gasteiger partial charge is 0.325 e. The Kier molecular flexibility index (Phi) is 5.00. The van der Waals surface area contributed by atoms with E-state index in [1.807, 2.05) is 18.2 Å². The minimum Gasteiger partial charge on any atom is -0.325 e. The minimum absolute atomic E-state index is 0.0940. The summed E-state index contributed by atoms with van der Waals surface area (Å²) >= 11 is 2.29. The van der Waals surface area contributed by atoms with Crippen molar-refractivity contribution in [1.29, 1.82) is 0 Å². The standard InChI is InChI=1S/C14H19IN2O/c1-11-5-6-12(9-13(11)15)16-14(18)10-17-7-3-2-4-8-17/h5-6,9H,2-4,7-8,10H2,1H3,(H,16,18). The van der Waals surface area contributed by atoms with Gasteiger partial charge in [-0.25, -0.2) is 0 Å². The normalized spacial score (nSPS) is 16.6. The number of halogens is 1. The molecule has 0 spiro atoms. The molecule has 0 unspecified atom stereocenters. The molecular formula is C14H19IN2O. The van der Waals surface area contributed by atoms with Crippen molar-refractivity contribution in [3.8, 4) is 0 Å². The van der Waals surface area contributed by atoms with Gasteiger partial charge in [-0.3, -0.25) is 9.69 Å². The molecule has 0 bridgehead atoms. The van der Waals surface area contributed by atoms with Crippen LogP contribution < -0.4 is 5.32 Å². The number of nitrogens with one attached hydrogen (secondary N) is 1. The van der Waals surface area contributed by atoms with Gasteiger partial charge in [0, 0.05) is 9.26 Å². The maximum atomic E-state index is 11.9. The summed E-state index contributed by atoms with van der Waals surface area (Å²) in [6.45, 7) is 4.70. The Morgan fingerprint density at radius 1 is 1.33 bits per heavy atom. The van der Waals surface area contributed by atoms with E-state index in [1.165, 1.54) is 28.4 Å². The molecule has 0 saturated carbocycles. The van der Waals surface area contributed by atoms with Crippen LogP contribution in [0.4, 0.5) is 5.69 Å². The molecule has 0 aromatic heterocycles. The van der Waals surface area contributed by atoms with Crippen molar-refractivity contribution >= 4 is 34.2 Å². The van der Waals surface area contributed by atoms with Crippen LogP contribution in [-0.2, 0) is 4.79 Å². The van der Waals surface area contributed by atoms with Crippen molar-refractivity contribution in [2.45, 2.75) is 26.2 Å². The van der Waals surface area contributed by atoms with Crippen molar-refractivity contribution in [2.24, 2.45) is 0 Å². The molecule has 1 N–H and O–H groups in total. The average molecular weight is 358 g/mol. The summed E-state index contributed by atoms with van der Waals surface area (Å²) in [5, 5.41) is 2.97. The lowest BCUT2D eigenvalue weighted by Crippen LogP contribution is -2.36. The summed E-state index contributed by atoms with van der Waals surface area (Å²) in [6, 6.07) is 6.02. The second-order valence-electron chi connectivity index (χ2n) is 4.85. The number of benzene rings is 1. The molecular weight excluding hydrogens is 339 g/mol. The van der Waals surface area contributed by atoms with Crippen LogP contribution in [0.1, 0.15) is 24.8 Å². The monoisotopic (exact) mass is 358 g/mol. The molecule has 3 nitrogen and oxygen atoms in total. The number of carbonyl (C=O) groups is 1. The third-order valence-corrected chi connectivity index (χ3v) is 4.43. The fourth-order valence-corrected chi connectivity index (χ4v) is 2.71. The predicted octanol–water partition coefficient (Wildman–Crippen LogP) is 3.02. The second-order valence-corrected chi connectivity index (χ2v) is 6.01. The van der Waals surface area contributed by atoms with Crippen LogP contribution >= 0.6 is 22.6 Å². The zero-order valence-electron chi connectivity index (χ0n) is 10.7. The smallest absolute Gasteiger partial charge is 0.238 e. The van der Waals surface area contributed by atoms with Crippen LogP contribution in [0.2, 0.25) is 0 Å². The molecule has 1 saturated heterocycles. The quantitative estimate of drug-likeness (QED) is 0.843. The van der Waals surface area contributed by atoms with Crippen molar-refractivity contribution in [3.05, 3.63) is 27.3 Å². The zero-order chi connectivity index (χ0) is 13.0. The van der Waals surface area contributed by atoms with Crippen molar-refractivity contribution < 1.29 is 4.79 Å². The van der Waals surface area contributed by atoms with Crippen LogP contribution in [0.3, 0.4) is 0 Å². The van der Waals surface area contributed by atoms with Gasteiger partial charge in [0.05, 0.1) is 6.54 Å². The van der Waals surface area contributed by atoms with Gasteiger partial charge < -0.3 is 5.32 Å². The molecule has 1 heterocycles. The van der Waals surface area contributed by atoms with Gasteiger partial charge in [0.2, 0.25) is 5.91 Å². The van der Waals surface area contributed by atoms with E-state index in [1.54, 1.807) is 0 Å². The van der Waals surface area contributed by atoms with Crippen LogP contribution in [0.15, 0.2) is 18.2 Å². The van der Waals surface area contributed by atoms with Crippen molar-refractivity contribution in [3.63, 3.8) is 0 Å². The highest BCUT2D eigenvalue weighted by Crippen LogP contribution is 2.17. The number of amides is 1. The molecule has 0 atom stereocenters. The molecule has 1 aliphatic heterocycles. The number of rotatable bonds is 3. The molecule has 98 valence electrons. The van der Waals surface area contributed by atoms with Gasteiger partial charge in [0.25, 0.3) is 0 Å². The number of hydrogen-bond acceptors (Lipinski definition) is 2. The molecule has 1 aliphatic rings. The Labute approximate surface area is 122 Å². The van der Waals surface area contributed by atoms with E-state index in [-0.39, 0.29) is 5.91 Å². The van der Waals surface area contributed by atoms with E-state index < -0.39 is 0 Å². The Balaban J connectivity index is 1.88. The summed E-state index contributed by atoms with van der Waals surface area (Å²) in [4.78, 5) is 14.2. The highest BCUT2D eigenvalue weighted by molar-refractivity contribution is 14.1. The molecule has 18 heavy (non-hydrogen) atoms. The number of aryl methyl sites for hydroxylation is 1. The summed E-state index contributed by atoms with van der Waals surface area (Å²) < 4.78 is 1.18. The number of hydrogen-bond donors (Lipinski definition) is 1. The zero-order valence-corrected chi connectivity index (χ0v) is 12.9. The van der Waals surface area contributed by atoms with E-state index in [0.29, 0.717) is 6.54 Å². The molecule has 1 aromatic rings. The van der Waals surface area contributed by atoms with E-state index in [4.69, 9.17) is 0 Å². The molecule has 1 aromatic carbocycles. The van der Waals surface area contributed by atoms with Gasteiger partial charge in [-0.05, 0) is 73.1 Å². The summed E-state index contributed by atoms with van der Waals surface area (Å²) in [7, 11) is 0. The van der Waals surface area contributed by atoms with Crippen LogP contribution in [0, 0.1) is 10.5 Å². The van der Waals surface area contributed by atoms with Gasteiger partial charge in [0.15, 0.2) is 0 Å². The number of piperidine rings is 1. The third kappa shape index (κ3) is 3.95. The second kappa shape index (κ2) is 6.52. The summed E-state index contributed by atoms with van der Waals surface area (Å²) in [6.07, 6.45) is 3.74. The van der Waals surface area contributed by atoms with Gasteiger partial charge in [-0.2, -0.15) is 0 Å². The fourth-order valence-electron chi connectivity index (χ4n) is 2.19. The molecule has 0 aliphatic carbocycles. The molecule has 0 radical (unpaired) electrons. The minimum atomic E-state index is 0.0940. The molecule has 1 amide bonds. The van der Waals surface area contributed by atoms with E-state index in [9.17, 15) is 4.79 Å². The SMILES string of the molecule is Cc1ccc(NC(=O)CN2CCCCC2)cc1I. The Hall–Kier alpha value is -0.620. The fraction of sp³-hybridized carbons (Fsp3) is 0.500. The number of anilines is 1. The first kappa shape index (κ1) is 13.8. The maximum absolute atomic E-state index is 11.9. The van der Waals surface area contributed by atoms with Gasteiger partial charge in [-0.15, -0.1) is 0 Å². The predicted molar refractivity (Wildman–Crippen MR) is 82.8 cm³/mol. The highest BCUT2D eigenvalue weighted by atomic mass is 127. The lowest BCUT2D eigenvalue weighted by molar-refractivity contribution is -0.117. The first-order valence-electron chi connectivity index (χ1n) is 6.43. The van der Waals surface area contributed by atoms with E-state index in [2.05, 4.69) is 39.7 Å². The topological polar surface area (TPSA) is 32.3 Å². The van der Waals surface area contributed by atoms with Crippen LogP contribution in [-0.4, -0.2) is 30.4 Å². The Bertz CT molecular complexity index is 428. The number of carbonyl (C=O) groups excluding carboxylic acids is 1. The lowest BCUT2D eigenvalue weighted by Gasteiger charge is -2.25. The Morgan fingerprint density at radius 2 is 2.06 bits per heavy atom. The average Bonchev–Trinajstić information content (AvgIpc) is 2.35. The van der Waals surface area contributed by atoms with Crippen molar-refractivity contribution in [1.82, 2.24) is 4.90 Å².